The van der Waals surface area contributed by atoms with E-state index >= 15 is 0 Å². The second-order valence-electron chi connectivity index (χ2n) is 25.2. The van der Waals surface area contributed by atoms with Gasteiger partial charge in [-0.3, -0.25) is 0 Å². The van der Waals surface area contributed by atoms with Crippen LogP contribution in [0.1, 0.15) is 44.5 Å². The Kier molecular flexibility index (Phi) is 11.6. The van der Waals surface area contributed by atoms with Gasteiger partial charge in [-0.05, 0) is 188 Å². The zero-order valence-corrected chi connectivity index (χ0v) is 50.5. The van der Waals surface area contributed by atoms with Crippen molar-refractivity contribution in [2.24, 2.45) is 0 Å². The van der Waals surface area contributed by atoms with Crippen molar-refractivity contribution < 1.29 is 0 Å². The highest BCUT2D eigenvalue weighted by Gasteiger charge is 2.49. The SMILES string of the molecule is c1cc(C2(c3ccc(-c4c5ccccc5c(-c5ccc6ccccc6c5)c5ccccc45)cc3)c3ccccc3-c3ccccc32)cc(C2(c3ccc(-c4c5ccccc5c(-c5ccc6ccccc6c5)c5ccccc45)cc3)c3ccccc3-c3ccccc32)c1. The van der Waals surface area contributed by atoms with Crippen LogP contribution >= 0.6 is 0 Å². The Morgan fingerprint density at radius 2 is 0.402 bits per heavy atom. The number of hydrogen-bond donors (Lipinski definition) is 0. The molecule has 0 nitrogen and oxygen atoms in total. The summed E-state index contributed by atoms with van der Waals surface area (Å²) in [7, 11) is 0. The van der Waals surface area contributed by atoms with Gasteiger partial charge in [-0.1, -0.05) is 340 Å². The molecule has 0 aromatic heterocycles. The maximum atomic E-state index is 2.58. The van der Waals surface area contributed by atoms with Gasteiger partial charge in [0.1, 0.15) is 0 Å². The zero-order valence-electron chi connectivity index (χ0n) is 50.5. The Labute approximate surface area is 535 Å². The Balaban J connectivity index is 0.805. The van der Waals surface area contributed by atoms with E-state index in [4.69, 9.17) is 0 Å². The molecule has 0 radical (unpaired) electrons. The lowest BCUT2D eigenvalue weighted by Gasteiger charge is -2.37. The van der Waals surface area contributed by atoms with E-state index in [1.54, 1.807) is 0 Å². The van der Waals surface area contributed by atoms with Gasteiger partial charge < -0.3 is 0 Å². The first kappa shape index (κ1) is 52.3. The number of rotatable bonds is 8. The second kappa shape index (κ2) is 20.4. The molecule has 0 heterocycles. The van der Waals surface area contributed by atoms with Crippen LogP contribution in [-0.2, 0) is 10.8 Å². The number of hydrogen-bond acceptors (Lipinski definition) is 0. The summed E-state index contributed by atoms with van der Waals surface area (Å²) in [5.41, 5.74) is 23.7. The highest BCUT2D eigenvalue weighted by molar-refractivity contribution is 6.23. The van der Waals surface area contributed by atoms with Crippen LogP contribution in [0.4, 0.5) is 0 Å². The Bertz CT molecular complexity index is 5320. The van der Waals surface area contributed by atoms with Crippen molar-refractivity contribution in [3.8, 4) is 66.8 Å². The largest absolute Gasteiger partial charge is 0.0713 e. The van der Waals surface area contributed by atoms with Crippen molar-refractivity contribution in [3.05, 3.63) is 396 Å². The lowest BCUT2D eigenvalue weighted by atomic mass is 9.64. The molecule has 0 amide bonds. The van der Waals surface area contributed by atoms with E-state index < -0.39 is 10.8 Å². The molecule has 0 saturated heterocycles. The summed E-state index contributed by atoms with van der Waals surface area (Å²) in [6.45, 7) is 0. The first-order valence-corrected chi connectivity index (χ1v) is 32.2. The van der Waals surface area contributed by atoms with Gasteiger partial charge in [0.2, 0.25) is 0 Å². The summed E-state index contributed by atoms with van der Waals surface area (Å²) in [6.07, 6.45) is 0. The Morgan fingerprint density at radius 3 is 0.717 bits per heavy atom. The van der Waals surface area contributed by atoms with Crippen LogP contribution in [0, 0.1) is 0 Å². The van der Waals surface area contributed by atoms with E-state index in [9.17, 15) is 0 Å². The molecule has 2 aliphatic carbocycles. The summed E-state index contributed by atoms with van der Waals surface area (Å²) >= 11 is 0. The molecule has 0 atom stereocenters. The number of benzene rings is 17. The minimum absolute atomic E-state index is 0.671. The molecule has 92 heavy (non-hydrogen) atoms. The molecule has 2 aliphatic rings. The summed E-state index contributed by atoms with van der Waals surface area (Å²) < 4.78 is 0. The summed E-state index contributed by atoms with van der Waals surface area (Å²) in [4.78, 5) is 0. The molecule has 0 N–H and O–H groups in total. The normalized spacial score (nSPS) is 13.4. The molecule has 17 aromatic carbocycles. The van der Waals surface area contributed by atoms with Gasteiger partial charge in [0.15, 0.2) is 0 Å². The Morgan fingerprint density at radius 1 is 0.152 bits per heavy atom. The topological polar surface area (TPSA) is 0 Å². The third-order valence-electron chi connectivity index (χ3n) is 20.8. The summed E-state index contributed by atoms with van der Waals surface area (Å²) in [5, 5.41) is 15.0. The van der Waals surface area contributed by atoms with Crippen molar-refractivity contribution in [2.75, 3.05) is 0 Å². The highest BCUT2D eigenvalue weighted by atomic mass is 14.5. The maximum absolute atomic E-state index is 2.58. The van der Waals surface area contributed by atoms with Crippen molar-refractivity contribution >= 4 is 64.6 Å². The Hall–Kier alpha value is -11.7. The highest BCUT2D eigenvalue weighted by Crippen LogP contribution is 2.60. The molecular formula is C92H58. The smallest absolute Gasteiger partial charge is 0.0619 e. The van der Waals surface area contributed by atoms with Crippen LogP contribution in [0.15, 0.2) is 352 Å². The fourth-order valence-corrected chi connectivity index (χ4v) is 17.0. The molecule has 0 aliphatic heterocycles. The standard InChI is InChI=1S/C92H58/c1-3-24-63-56-65(46-44-59(63)22-1)89-79-36-9-5-32-75(79)87(76-33-6-10-37-80(76)89)61-48-52-67(53-49-61)91(83-40-17-13-28-71(83)72-29-14-18-41-84(72)91)69-26-21-27-70(58-69)92(85-42-19-15-30-73(85)74-31-16-20-43-86(74)92)68-54-50-62(51-55-68)88-77-34-7-11-38-81(77)90(82-39-12-8-35-78(82)88)66-47-45-60-23-2-4-25-64(60)57-66/h1-58H. The van der Waals surface area contributed by atoms with Crippen LogP contribution in [0.3, 0.4) is 0 Å². The van der Waals surface area contributed by atoms with Crippen LogP contribution < -0.4 is 0 Å². The molecule has 17 aromatic rings. The first-order chi connectivity index (χ1) is 45.6. The molecular weight excluding hydrogens is 1110 g/mol. The van der Waals surface area contributed by atoms with E-state index in [1.807, 2.05) is 0 Å². The van der Waals surface area contributed by atoms with Crippen molar-refractivity contribution in [2.45, 2.75) is 10.8 Å². The second-order valence-corrected chi connectivity index (χ2v) is 25.2. The molecule has 426 valence electrons. The van der Waals surface area contributed by atoms with Crippen LogP contribution in [0.25, 0.3) is 131 Å². The van der Waals surface area contributed by atoms with E-state index in [2.05, 4.69) is 352 Å². The van der Waals surface area contributed by atoms with Gasteiger partial charge >= 0.3 is 0 Å². The summed E-state index contributed by atoms with van der Waals surface area (Å²) in [5.74, 6) is 0. The van der Waals surface area contributed by atoms with Crippen molar-refractivity contribution in [1.29, 1.82) is 0 Å². The minimum atomic E-state index is -0.671. The quantitative estimate of drug-likeness (QED) is 0.133. The molecule has 0 fully saturated rings. The van der Waals surface area contributed by atoms with Crippen LogP contribution in [0.2, 0.25) is 0 Å². The van der Waals surface area contributed by atoms with Crippen LogP contribution in [-0.4, -0.2) is 0 Å². The maximum Gasteiger partial charge on any atom is 0.0713 e. The van der Waals surface area contributed by atoms with Crippen molar-refractivity contribution in [3.63, 3.8) is 0 Å². The fraction of sp³-hybridized carbons (Fsp3) is 0.0217. The van der Waals surface area contributed by atoms with E-state index in [-0.39, 0.29) is 0 Å². The molecule has 0 spiro atoms. The zero-order chi connectivity index (χ0) is 60.5. The van der Waals surface area contributed by atoms with Gasteiger partial charge in [0, 0.05) is 0 Å². The predicted molar refractivity (Wildman–Crippen MR) is 388 cm³/mol. The predicted octanol–water partition coefficient (Wildman–Crippen LogP) is 24.0. The first-order valence-electron chi connectivity index (χ1n) is 32.2. The molecule has 19 rings (SSSR count). The third-order valence-corrected chi connectivity index (χ3v) is 20.8. The summed E-state index contributed by atoms with van der Waals surface area (Å²) in [6, 6.07) is 133. The van der Waals surface area contributed by atoms with E-state index in [0.29, 0.717) is 0 Å². The molecule has 0 bridgehead atoms. The van der Waals surface area contributed by atoms with Crippen LogP contribution in [0.5, 0.6) is 0 Å². The molecule has 0 saturated carbocycles. The monoisotopic (exact) mass is 1160 g/mol. The fourth-order valence-electron chi connectivity index (χ4n) is 17.0. The van der Waals surface area contributed by atoms with Crippen molar-refractivity contribution in [1.82, 2.24) is 0 Å². The van der Waals surface area contributed by atoms with E-state index in [0.717, 1.165) is 0 Å². The lowest BCUT2D eigenvalue weighted by Crippen LogP contribution is -2.32. The minimum Gasteiger partial charge on any atom is -0.0619 e. The van der Waals surface area contributed by atoms with Gasteiger partial charge in [-0.25, -0.2) is 0 Å². The number of fused-ring (bicyclic) bond motifs is 12. The van der Waals surface area contributed by atoms with E-state index in [1.165, 1.54) is 176 Å². The van der Waals surface area contributed by atoms with Gasteiger partial charge in [0.05, 0.1) is 10.8 Å². The van der Waals surface area contributed by atoms with Gasteiger partial charge in [-0.2, -0.15) is 0 Å². The third kappa shape index (κ3) is 7.47. The average Bonchev–Trinajstić information content (AvgIpc) is 1.50. The molecule has 0 heteroatoms. The van der Waals surface area contributed by atoms with Gasteiger partial charge in [0.25, 0.3) is 0 Å². The average molecular weight is 1160 g/mol. The molecule has 0 unspecified atom stereocenters. The lowest BCUT2D eigenvalue weighted by molar-refractivity contribution is 0.740. The van der Waals surface area contributed by atoms with Gasteiger partial charge in [-0.15, -0.1) is 0 Å².